The van der Waals surface area contributed by atoms with E-state index >= 15 is 0 Å². The average molecular weight is 425 g/mol. The summed E-state index contributed by atoms with van der Waals surface area (Å²) in [6, 6.07) is 21.9. The molecule has 3 aromatic rings. The first-order chi connectivity index (χ1) is 15.6. The summed E-state index contributed by atoms with van der Waals surface area (Å²) in [4.78, 5) is 29.0. The Bertz CT molecular complexity index is 1480. The zero-order chi connectivity index (χ0) is 22.2. The first-order valence-corrected chi connectivity index (χ1v) is 9.97. The van der Waals surface area contributed by atoms with Gasteiger partial charge in [-0.2, -0.15) is 9.78 Å². The van der Waals surface area contributed by atoms with Crippen LogP contribution in [0.25, 0.3) is 39.1 Å². The van der Waals surface area contributed by atoms with Crippen LogP contribution in [-0.4, -0.2) is 35.0 Å². The van der Waals surface area contributed by atoms with Crippen molar-refractivity contribution in [3.05, 3.63) is 88.7 Å². The van der Waals surface area contributed by atoms with E-state index in [-0.39, 0.29) is 5.56 Å². The smallest absolute Gasteiger partial charge is 0.337 e. The number of hydrogen-bond donors (Lipinski definition) is 1. The number of para-hydroxylation sites is 1. The van der Waals surface area contributed by atoms with Crippen LogP contribution in [0.5, 0.6) is 5.75 Å². The van der Waals surface area contributed by atoms with E-state index in [1.807, 2.05) is 48.5 Å². The fourth-order valence-electron chi connectivity index (χ4n) is 3.84. The quantitative estimate of drug-likeness (QED) is 0.435. The average Bonchev–Trinajstić information content (AvgIpc) is 3.20. The summed E-state index contributed by atoms with van der Waals surface area (Å²) in [5.74, 6) is 0.247. The van der Waals surface area contributed by atoms with Gasteiger partial charge in [-0.3, -0.25) is 4.79 Å². The van der Waals surface area contributed by atoms with Gasteiger partial charge in [0.05, 0.1) is 36.7 Å². The largest absolute Gasteiger partial charge is 0.497 e. The predicted molar refractivity (Wildman–Crippen MR) is 122 cm³/mol. The van der Waals surface area contributed by atoms with Gasteiger partial charge in [0.2, 0.25) is 0 Å². The standard InChI is InChI=1S/C25H19N3O4/c1-31-18-12-10-15(11-13-18)22-21-23(19-8-3-4-9-20(19)26-22)27-28(24(21)29)17-7-5-6-16(14-17)25(30)32-2/h3-14,26H,1-2H3. The Balaban J connectivity index is 1.80. The van der Waals surface area contributed by atoms with Crippen LogP contribution in [0.2, 0.25) is 0 Å². The van der Waals surface area contributed by atoms with E-state index in [4.69, 9.17) is 9.47 Å². The monoisotopic (exact) mass is 425 g/mol. The van der Waals surface area contributed by atoms with Crippen molar-refractivity contribution in [2.24, 2.45) is 0 Å². The molecule has 5 rings (SSSR count). The molecule has 0 aliphatic carbocycles. The number of aromatic amines is 1. The number of hydrogen-bond acceptors (Lipinski definition) is 5. The number of nitrogens with zero attached hydrogens (tertiary/aromatic N) is 2. The SMILES string of the molecule is COC(=O)c1cccc(-n2nc3c4ccccc4[nH]c(-c4ccc(OC)cc4)c-3c2=O)c1. The van der Waals surface area contributed by atoms with E-state index in [0.717, 1.165) is 22.2 Å². The van der Waals surface area contributed by atoms with Gasteiger partial charge in [0.1, 0.15) is 11.4 Å². The van der Waals surface area contributed by atoms with E-state index in [0.29, 0.717) is 28.2 Å². The highest BCUT2D eigenvalue weighted by Gasteiger charge is 2.24. The fourth-order valence-corrected chi connectivity index (χ4v) is 3.84. The highest BCUT2D eigenvalue weighted by Crippen LogP contribution is 2.35. The molecular weight excluding hydrogens is 406 g/mol. The molecule has 0 atom stereocenters. The van der Waals surface area contributed by atoms with Crippen LogP contribution in [0.4, 0.5) is 0 Å². The molecule has 2 aliphatic heterocycles. The van der Waals surface area contributed by atoms with Crippen molar-refractivity contribution in [1.82, 2.24) is 14.8 Å². The number of H-pyrrole nitrogens is 1. The Morgan fingerprint density at radius 3 is 2.50 bits per heavy atom. The van der Waals surface area contributed by atoms with Gasteiger partial charge in [0.25, 0.3) is 5.56 Å². The summed E-state index contributed by atoms with van der Waals surface area (Å²) in [7, 11) is 2.93. The lowest BCUT2D eigenvalue weighted by atomic mass is 10.00. The minimum atomic E-state index is -0.478. The van der Waals surface area contributed by atoms with Crippen molar-refractivity contribution >= 4 is 16.9 Å². The molecule has 0 aromatic heterocycles. The number of rotatable bonds is 4. The van der Waals surface area contributed by atoms with Crippen molar-refractivity contribution in [2.75, 3.05) is 14.2 Å². The zero-order valence-corrected chi connectivity index (χ0v) is 17.5. The normalized spacial score (nSPS) is 11.1. The molecule has 3 aromatic carbocycles. The van der Waals surface area contributed by atoms with Gasteiger partial charge >= 0.3 is 5.97 Å². The minimum absolute atomic E-state index is 0.283. The molecule has 7 nitrogen and oxygen atoms in total. The Kier molecular flexibility index (Phi) is 4.71. The Labute approximate surface area is 183 Å². The van der Waals surface area contributed by atoms with Gasteiger partial charge < -0.3 is 14.5 Å². The lowest BCUT2D eigenvalue weighted by Crippen LogP contribution is -2.16. The molecular formula is C25H19N3O4. The van der Waals surface area contributed by atoms with Crippen LogP contribution < -0.4 is 10.3 Å². The molecule has 7 heteroatoms. The second-order valence-electron chi connectivity index (χ2n) is 7.26. The molecule has 0 saturated carbocycles. The number of carbonyl (C=O) groups is 1. The number of pyridine rings is 1. The van der Waals surface area contributed by atoms with Gasteiger partial charge in [-0.1, -0.05) is 24.3 Å². The number of aromatic nitrogens is 3. The van der Waals surface area contributed by atoms with Crippen molar-refractivity contribution in [3.63, 3.8) is 0 Å². The molecule has 32 heavy (non-hydrogen) atoms. The minimum Gasteiger partial charge on any atom is -0.497 e. The second-order valence-corrected chi connectivity index (χ2v) is 7.26. The molecule has 2 aliphatic rings. The number of methoxy groups -OCH3 is 2. The highest BCUT2D eigenvalue weighted by atomic mass is 16.5. The van der Waals surface area contributed by atoms with Gasteiger partial charge in [-0.05, 0) is 54.1 Å². The van der Waals surface area contributed by atoms with E-state index in [9.17, 15) is 9.59 Å². The van der Waals surface area contributed by atoms with Gasteiger partial charge in [-0.25, -0.2) is 4.79 Å². The molecule has 2 heterocycles. The lowest BCUT2D eigenvalue weighted by molar-refractivity contribution is 0.0600. The molecule has 0 spiro atoms. The van der Waals surface area contributed by atoms with E-state index in [2.05, 4.69) is 10.1 Å². The van der Waals surface area contributed by atoms with Gasteiger partial charge in [0.15, 0.2) is 0 Å². The number of fused-ring (bicyclic) bond motifs is 3. The predicted octanol–water partition coefficient (Wildman–Crippen LogP) is 4.28. The summed E-state index contributed by atoms with van der Waals surface area (Å²) < 4.78 is 11.4. The number of esters is 1. The van der Waals surface area contributed by atoms with E-state index < -0.39 is 5.97 Å². The zero-order valence-electron chi connectivity index (χ0n) is 17.5. The van der Waals surface area contributed by atoms with Gasteiger partial charge in [0, 0.05) is 10.9 Å². The first kappa shape index (κ1) is 19.6. The lowest BCUT2D eigenvalue weighted by Gasteiger charge is -2.11. The van der Waals surface area contributed by atoms with Crippen molar-refractivity contribution in [1.29, 1.82) is 0 Å². The summed E-state index contributed by atoms with van der Waals surface area (Å²) in [6.45, 7) is 0. The molecule has 0 saturated heterocycles. The number of carbonyl (C=O) groups excluding carboxylic acids is 1. The summed E-state index contributed by atoms with van der Waals surface area (Å²) >= 11 is 0. The third-order valence-electron chi connectivity index (χ3n) is 5.43. The Morgan fingerprint density at radius 2 is 1.75 bits per heavy atom. The third-order valence-corrected chi connectivity index (χ3v) is 5.43. The molecule has 0 bridgehead atoms. The molecule has 158 valence electrons. The van der Waals surface area contributed by atoms with Crippen LogP contribution in [0.3, 0.4) is 0 Å². The number of nitrogens with one attached hydrogen (secondary N) is 1. The fraction of sp³-hybridized carbons (Fsp3) is 0.0800. The van der Waals surface area contributed by atoms with E-state index in [1.54, 1.807) is 31.4 Å². The van der Waals surface area contributed by atoms with E-state index in [1.165, 1.54) is 11.8 Å². The second kappa shape index (κ2) is 7.70. The summed E-state index contributed by atoms with van der Waals surface area (Å²) in [5, 5.41) is 5.50. The number of ether oxygens (including phenoxy) is 2. The van der Waals surface area contributed by atoms with Crippen LogP contribution in [0, 0.1) is 0 Å². The maximum absolute atomic E-state index is 13.6. The van der Waals surface area contributed by atoms with Gasteiger partial charge in [-0.15, -0.1) is 0 Å². The summed E-state index contributed by atoms with van der Waals surface area (Å²) in [6.07, 6.45) is 0. The Morgan fingerprint density at radius 1 is 0.969 bits per heavy atom. The maximum Gasteiger partial charge on any atom is 0.337 e. The molecule has 0 fully saturated rings. The van der Waals surface area contributed by atoms with Crippen molar-refractivity contribution < 1.29 is 14.3 Å². The summed E-state index contributed by atoms with van der Waals surface area (Å²) in [5.41, 5.74) is 3.96. The topological polar surface area (TPSA) is 86.2 Å². The maximum atomic E-state index is 13.6. The van der Waals surface area contributed by atoms with Crippen LogP contribution >= 0.6 is 0 Å². The molecule has 0 radical (unpaired) electrons. The first-order valence-electron chi connectivity index (χ1n) is 9.97. The number of benzene rings is 3. The molecule has 0 amide bonds. The molecule has 1 N–H and O–H groups in total. The van der Waals surface area contributed by atoms with Crippen LogP contribution in [-0.2, 0) is 4.74 Å². The van der Waals surface area contributed by atoms with Crippen molar-refractivity contribution in [2.45, 2.75) is 0 Å². The Hall–Kier alpha value is -4.39. The van der Waals surface area contributed by atoms with Crippen molar-refractivity contribution in [3.8, 4) is 34.0 Å². The highest BCUT2D eigenvalue weighted by molar-refractivity contribution is 5.99. The van der Waals surface area contributed by atoms with Crippen LogP contribution in [0.1, 0.15) is 10.4 Å². The molecule has 0 unspecified atom stereocenters. The third kappa shape index (κ3) is 3.11. The van der Waals surface area contributed by atoms with Crippen LogP contribution in [0.15, 0.2) is 77.6 Å².